The van der Waals surface area contributed by atoms with Gasteiger partial charge in [-0.3, -0.25) is 9.59 Å². The van der Waals surface area contributed by atoms with Crippen molar-refractivity contribution in [2.75, 3.05) is 7.11 Å². The molecule has 2 N–H and O–H groups in total. The van der Waals surface area contributed by atoms with E-state index in [-0.39, 0.29) is 17.9 Å². The minimum Gasteiger partial charge on any atom is -0.496 e. The molecule has 2 aliphatic rings. The van der Waals surface area contributed by atoms with Gasteiger partial charge in [0, 0.05) is 6.04 Å². The van der Waals surface area contributed by atoms with Crippen LogP contribution >= 0.6 is 0 Å². The van der Waals surface area contributed by atoms with Gasteiger partial charge in [-0.05, 0) is 62.6 Å². The van der Waals surface area contributed by atoms with E-state index in [0.717, 1.165) is 49.0 Å². The van der Waals surface area contributed by atoms with E-state index in [9.17, 15) is 9.59 Å². The number of amides is 1. The van der Waals surface area contributed by atoms with Crippen molar-refractivity contribution < 1.29 is 19.4 Å². The first-order chi connectivity index (χ1) is 12.0. The molecule has 1 aromatic rings. The topological polar surface area (TPSA) is 75.6 Å². The van der Waals surface area contributed by atoms with Gasteiger partial charge in [0.1, 0.15) is 5.75 Å². The molecule has 136 valence electrons. The molecule has 1 amide bonds. The van der Waals surface area contributed by atoms with E-state index < -0.39 is 11.4 Å². The molecule has 25 heavy (non-hydrogen) atoms. The highest BCUT2D eigenvalue weighted by Crippen LogP contribution is 2.45. The minimum atomic E-state index is -0.716. The third-order valence-electron chi connectivity index (χ3n) is 6.01. The summed E-state index contributed by atoms with van der Waals surface area (Å²) in [6.07, 6.45) is 5.55. The highest BCUT2D eigenvalue weighted by atomic mass is 16.5. The lowest BCUT2D eigenvalue weighted by molar-refractivity contribution is -0.142. The summed E-state index contributed by atoms with van der Waals surface area (Å²) in [7, 11) is 1.65. The highest BCUT2D eigenvalue weighted by Gasteiger charge is 2.46. The van der Waals surface area contributed by atoms with Crippen LogP contribution < -0.4 is 10.1 Å². The maximum Gasteiger partial charge on any atom is 0.306 e. The van der Waals surface area contributed by atoms with Gasteiger partial charge >= 0.3 is 5.97 Å². The van der Waals surface area contributed by atoms with Crippen molar-refractivity contribution >= 4 is 11.9 Å². The quantitative estimate of drug-likeness (QED) is 0.859. The van der Waals surface area contributed by atoms with Crippen molar-refractivity contribution in [3.8, 4) is 5.75 Å². The molecular weight excluding hydrogens is 318 g/mol. The molecule has 0 unspecified atom stereocenters. The Morgan fingerprint density at radius 1 is 1.20 bits per heavy atom. The molecule has 0 atom stereocenters. The minimum absolute atomic E-state index is 0.0865. The van der Waals surface area contributed by atoms with Crippen LogP contribution in [0.1, 0.15) is 56.1 Å². The van der Waals surface area contributed by atoms with Crippen LogP contribution in [-0.4, -0.2) is 30.1 Å². The van der Waals surface area contributed by atoms with E-state index in [1.165, 1.54) is 0 Å². The summed E-state index contributed by atoms with van der Waals surface area (Å²) >= 11 is 0. The van der Waals surface area contributed by atoms with Crippen molar-refractivity contribution in [2.24, 2.45) is 5.92 Å². The lowest BCUT2D eigenvalue weighted by Crippen LogP contribution is -2.52. The number of carboxylic acids is 1. The Balaban J connectivity index is 1.70. The summed E-state index contributed by atoms with van der Waals surface area (Å²) in [4.78, 5) is 24.1. The van der Waals surface area contributed by atoms with Crippen LogP contribution in [0.5, 0.6) is 5.75 Å². The highest BCUT2D eigenvalue weighted by molar-refractivity contribution is 5.89. The number of carboxylic acid groups (broad SMARTS) is 1. The van der Waals surface area contributed by atoms with Crippen LogP contribution in [0.25, 0.3) is 0 Å². The van der Waals surface area contributed by atoms with Crippen molar-refractivity contribution in [1.82, 2.24) is 5.32 Å². The Kier molecular flexibility index (Phi) is 5.02. The lowest BCUT2D eigenvalue weighted by Gasteiger charge is -2.42. The van der Waals surface area contributed by atoms with E-state index in [1.807, 2.05) is 25.1 Å². The molecule has 0 aromatic heterocycles. The Labute approximate surface area is 148 Å². The number of methoxy groups -OCH3 is 1. The van der Waals surface area contributed by atoms with Crippen molar-refractivity contribution in [3.05, 3.63) is 29.3 Å². The Hall–Kier alpha value is -2.04. The van der Waals surface area contributed by atoms with Gasteiger partial charge in [-0.15, -0.1) is 0 Å². The third kappa shape index (κ3) is 3.37. The van der Waals surface area contributed by atoms with E-state index >= 15 is 0 Å². The molecule has 2 fully saturated rings. The predicted octanol–water partition coefficient (Wildman–Crippen LogP) is 3.18. The summed E-state index contributed by atoms with van der Waals surface area (Å²) in [6.45, 7) is 2.00. The molecule has 3 rings (SSSR count). The number of aryl methyl sites for hydroxylation is 1. The number of hydrogen-bond acceptors (Lipinski definition) is 3. The maximum absolute atomic E-state index is 13.0. The largest absolute Gasteiger partial charge is 0.496 e. The smallest absolute Gasteiger partial charge is 0.306 e. The number of ether oxygens (including phenoxy) is 1. The first-order valence-electron chi connectivity index (χ1n) is 9.15. The van der Waals surface area contributed by atoms with Crippen LogP contribution in [0.2, 0.25) is 0 Å². The molecule has 0 radical (unpaired) electrons. The second-order valence-corrected chi connectivity index (χ2v) is 7.48. The second-order valence-electron chi connectivity index (χ2n) is 7.48. The fourth-order valence-corrected chi connectivity index (χ4v) is 4.10. The fraction of sp³-hybridized carbons (Fsp3) is 0.600. The Morgan fingerprint density at radius 2 is 1.88 bits per heavy atom. The van der Waals surface area contributed by atoms with Gasteiger partial charge in [-0.1, -0.05) is 18.6 Å². The average molecular weight is 345 g/mol. The average Bonchev–Trinajstić information content (AvgIpc) is 2.55. The van der Waals surface area contributed by atoms with Gasteiger partial charge < -0.3 is 15.2 Å². The fourth-order valence-electron chi connectivity index (χ4n) is 4.10. The first kappa shape index (κ1) is 17.8. The van der Waals surface area contributed by atoms with E-state index in [4.69, 9.17) is 9.84 Å². The van der Waals surface area contributed by atoms with Crippen LogP contribution in [0.3, 0.4) is 0 Å². The number of rotatable bonds is 5. The van der Waals surface area contributed by atoms with Crippen molar-refractivity contribution in [1.29, 1.82) is 0 Å². The normalized spacial score (nSPS) is 24.9. The molecule has 0 heterocycles. The molecule has 1 aromatic carbocycles. The Morgan fingerprint density at radius 3 is 2.40 bits per heavy atom. The molecule has 0 bridgehead atoms. The summed E-state index contributed by atoms with van der Waals surface area (Å²) in [6, 6.07) is 6.14. The zero-order chi connectivity index (χ0) is 18.0. The van der Waals surface area contributed by atoms with Gasteiger partial charge in [0.15, 0.2) is 0 Å². The summed E-state index contributed by atoms with van der Waals surface area (Å²) < 4.78 is 5.43. The molecule has 0 spiro atoms. The number of carbonyl (C=O) groups excluding carboxylic acids is 1. The monoisotopic (exact) mass is 345 g/mol. The number of nitrogens with one attached hydrogen (secondary N) is 1. The van der Waals surface area contributed by atoms with Crippen LogP contribution in [-0.2, 0) is 15.0 Å². The molecule has 2 saturated carbocycles. The van der Waals surface area contributed by atoms with Gasteiger partial charge in [0.05, 0.1) is 18.4 Å². The molecule has 0 aliphatic heterocycles. The molecule has 0 saturated heterocycles. The van der Waals surface area contributed by atoms with Crippen LogP contribution in [0.15, 0.2) is 18.2 Å². The zero-order valence-electron chi connectivity index (χ0n) is 15.0. The van der Waals surface area contributed by atoms with Gasteiger partial charge in [0.25, 0.3) is 0 Å². The molecule has 2 aliphatic carbocycles. The summed E-state index contributed by atoms with van der Waals surface area (Å²) in [5.41, 5.74) is 1.64. The number of carbonyl (C=O) groups is 2. The van der Waals surface area contributed by atoms with Gasteiger partial charge in [-0.2, -0.15) is 0 Å². The second kappa shape index (κ2) is 7.06. The van der Waals surface area contributed by atoms with E-state index in [1.54, 1.807) is 7.11 Å². The summed E-state index contributed by atoms with van der Waals surface area (Å²) in [5, 5.41) is 12.3. The molecule has 5 heteroatoms. The SMILES string of the molecule is COc1cc(C2(C(=O)NC3CCC(C(=O)O)CC3)CCC2)ccc1C. The van der Waals surface area contributed by atoms with Crippen LogP contribution in [0.4, 0.5) is 0 Å². The number of aliphatic carboxylic acids is 1. The van der Waals surface area contributed by atoms with Gasteiger partial charge in [-0.25, -0.2) is 0 Å². The summed E-state index contributed by atoms with van der Waals surface area (Å²) in [5.74, 6) is -0.0684. The van der Waals surface area contributed by atoms with E-state index in [2.05, 4.69) is 5.32 Å². The number of benzene rings is 1. The van der Waals surface area contributed by atoms with Gasteiger partial charge in [0.2, 0.25) is 5.91 Å². The van der Waals surface area contributed by atoms with Crippen molar-refractivity contribution in [2.45, 2.75) is 63.3 Å². The van der Waals surface area contributed by atoms with Crippen LogP contribution in [0, 0.1) is 12.8 Å². The maximum atomic E-state index is 13.0. The van der Waals surface area contributed by atoms with E-state index in [0.29, 0.717) is 12.8 Å². The molecule has 5 nitrogen and oxygen atoms in total. The number of hydrogen-bond donors (Lipinski definition) is 2. The lowest BCUT2D eigenvalue weighted by atomic mass is 9.63. The predicted molar refractivity (Wildman–Crippen MR) is 94.8 cm³/mol. The third-order valence-corrected chi connectivity index (χ3v) is 6.01. The van der Waals surface area contributed by atoms with Crippen molar-refractivity contribution in [3.63, 3.8) is 0 Å². The first-order valence-corrected chi connectivity index (χ1v) is 9.15. The zero-order valence-corrected chi connectivity index (χ0v) is 15.0. The molecular formula is C20H27NO4. The Bertz CT molecular complexity index is 658. The standard InChI is InChI=1S/C20H27NO4/c1-13-4-7-15(12-17(13)25-2)20(10-3-11-20)19(24)21-16-8-5-14(6-9-16)18(22)23/h4,7,12,14,16H,3,5-6,8-11H2,1-2H3,(H,21,24)(H,22,23).